The molecule has 0 radical (unpaired) electrons. The van der Waals surface area contributed by atoms with Gasteiger partial charge >= 0.3 is 0 Å². The van der Waals surface area contributed by atoms with Gasteiger partial charge in [-0.25, -0.2) is 0 Å². The number of ether oxygens (including phenoxy) is 2. The number of benzene rings is 1. The molecule has 0 saturated carbocycles. The fourth-order valence-electron chi connectivity index (χ4n) is 1.81. The van der Waals surface area contributed by atoms with E-state index in [1.807, 2.05) is 25.1 Å². The highest BCUT2D eigenvalue weighted by molar-refractivity contribution is 5.42. The van der Waals surface area contributed by atoms with Crippen LogP contribution in [0.15, 0.2) is 18.2 Å². The van der Waals surface area contributed by atoms with Gasteiger partial charge in [-0.15, -0.1) is 0 Å². The summed E-state index contributed by atoms with van der Waals surface area (Å²) in [5, 5.41) is 12.5. The van der Waals surface area contributed by atoms with E-state index < -0.39 is 0 Å². The zero-order valence-corrected chi connectivity index (χ0v) is 12.1. The molecule has 108 valence electrons. The number of hydrogen-bond donors (Lipinski definition) is 2. The third-order valence-corrected chi connectivity index (χ3v) is 2.95. The minimum absolute atomic E-state index is 0.0939. The third-order valence-electron chi connectivity index (χ3n) is 2.95. The second-order valence-corrected chi connectivity index (χ2v) is 4.63. The van der Waals surface area contributed by atoms with E-state index in [9.17, 15) is 5.11 Å². The number of methoxy groups -OCH3 is 1. The molecule has 0 aliphatic heterocycles. The highest BCUT2D eigenvalue weighted by Crippen LogP contribution is 2.27. The first-order valence-corrected chi connectivity index (χ1v) is 6.83. The molecule has 0 amide bonds. The van der Waals surface area contributed by atoms with Crippen molar-refractivity contribution in [1.29, 1.82) is 0 Å². The normalized spacial score (nSPS) is 12.2. The second-order valence-electron chi connectivity index (χ2n) is 4.63. The maximum Gasteiger partial charge on any atom is 0.161 e. The molecule has 1 aromatic carbocycles. The van der Waals surface area contributed by atoms with Gasteiger partial charge in [0.1, 0.15) is 0 Å². The van der Waals surface area contributed by atoms with E-state index >= 15 is 0 Å². The van der Waals surface area contributed by atoms with Crippen molar-refractivity contribution in [3.8, 4) is 11.5 Å². The predicted molar refractivity (Wildman–Crippen MR) is 77.0 cm³/mol. The monoisotopic (exact) mass is 267 g/mol. The average Bonchev–Trinajstić information content (AvgIpc) is 2.43. The van der Waals surface area contributed by atoms with Crippen LogP contribution in [-0.4, -0.2) is 38.0 Å². The first-order chi connectivity index (χ1) is 9.21. The Morgan fingerprint density at radius 3 is 2.74 bits per heavy atom. The lowest BCUT2D eigenvalue weighted by Gasteiger charge is -2.17. The van der Waals surface area contributed by atoms with Crippen molar-refractivity contribution in [2.45, 2.75) is 32.7 Å². The molecule has 0 saturated heterocycles. The molecule has 1 rings (SSSR count). The number of rotatable bonds is 9. The third kappa shape index (κ3) is 5.49. The first-order valence-electron chi connectivity index (χ1n) is 6.83. The Bertz CT molecular complexity index is 368. The van der Waals surface area contributed by atoms with Crippen LogP contribution in [0.4, 0.5) is 0 Å². The molecular weight excluding hydrogens is 242 g/mol. The number of aryl methyl sites for hydroxylation is 1. The predicted octanol–water partition coefficient (Wildman–Crippen LogP) is 2.13. The van der Waals surface area contributed by atoms with Gasteiger partial charge in [-0.3, -0.25) is 0 Å². The smallest absolute Gasteiger partial charge is 0.161 e. The molecule has 0 fully saturated rings. The van der Waals surface area contributed by atoms with Gasteiger partial charge in [-0.1, -0.05) is 13.0 Å². The summed E-state index contributed by atoms with van der Waals surface area (Å²) in [4.78, 5) is 0. The van der Waals surface area contributed by atoms with Crippen molar-refractivity contribution in [3.63, 3.8) is 0 Å². The Morgan fingerprint density at radius 1 is 1.32 bits per heavy atom. The maximum atomic E-state index is 9.24. The Labute approximate surface area is 115 Å². The largest absolute Gasteiger partial charge is 0.493 e. The lowest BCUT2D eigenvalue weighted by atomic mass is 10.2. The van der Waals surface area contributed by atoms with Crippen LogP contribution >= 0.6 is 0 Å². The zero-order chi connectivity index (χ0) is 14.1. The SMILES string of the molecule is CCCNC(CO)CCOc1ccc(C)cc1OC. The van der Waals surface area contributed by atoms with Crippen molar-refractivity contribution in [2.24, 2.45) is 0 Å². The summed E-state index contributed by atoms with van der Waals surface area (Å²) >= 11 is 0. The number of nitrogens with one attached hydrogen (secondary N) is 1. The number of hydrogen-bond acceptors (Lipinski definition) is 4. The van der Waals surface area contributed by atoms with E-state index in [-0.39, 0.29) is 12.6 Å². The summed E-state index contributed by atoms with van der Waals surface area (Å²) in [6.07, 6.45) is 1.83. The maximum absolute atomic E-state index is 9.24. The van der Waals surface area contributed by atoms with E-state index in [2.05, 4.69) is 12.2 Å². The van der Waals surface area contributed by atoms with E-state index in [0.717, 1.165) is 36.4 Å². The van der Waals surface area contributed by atoms with E-state index in [4.69, 9.17) is 9.47 Å². The number of aliphatic hydroxyl groups is 1. The summed E-state index contributed by atoms with van der Waals surface area (Å²) in [5.41, 5.74) is 1.14. The first kappa shape index (κ1) is 15.8. The molecule has 0 aliphatic rings. The molecule has 19 heavy (non-hydrogen) atoms. The summed E-state index contributed by atoms with van der Waals surface area (Å²) in [7, 11) is 1.64. The number of aliphatic hydroxyl groups excluding tert-OH is 1. The Morgan fingerprint density at radius 2 is 2.11 bits per heavy atom. The lowest BCUT2D eigenvalue weighted by Crippen LogP contribution is -2.34. The van der Waals surface area contributed by atoms with Gasteiger partial charge < -0.3 is 19.9 Å². The summed E-state index contributed by atoms with van der Waals surface area (Å²) in [6, 6.07) is 5.96. The van der Waals surface area contributed by atoms with Gasteiger partial charge in [0.25, 0.3) is 0 Å². The zero-order valence-electron chi connectivity index (χ0n) is 12.1. The van der Waals surface area contributed by atoms with Crippen LogP contribution in [0.5, 0.6) is 11.5 Å². The molecule has 1 unspecified atom stereocenters. The standard InChI is InChI=1S/C15H25NO3/c1-4-8-16-13(11-17)7-9-19-14-6-5-12(2)10-15(14)18-3/h5-6,10,13,16-17H,4,7-9,11H2,1-3H3. The topological polar surface area (TPSA) is 50.7 Å². The molecule has 0 aromatic heterocycles. The van der Waals surface area contributed by atoms with Crippen molar-refractivity contribution >= 4 is 0 Å². The fourth-order valence-corrected chi connectivity index (χ4v) is 1.81. The van der Waals surface area contributed by atoms with Crippen LogP contribution < -0.4 is 14.8 Å². The highest BCUT2D eigenvalue weighted by atomic mass is 16.5. The van der Waals surface area contributed by atoms with Gasteiger partial charge in [0.05, 0.1) is 20.3 Å². The quantitative estimate of drug-likeness (QED) is 0.719. The van der Waals surface area contributed by atoms with Gasteiger partial charge in [0.2, 0.25) is 0 Å². The van der Waals surface area contributed by atoms with E-state index in [1.165, 1.54) is 0 Å². The highest BCUT2D eigenvalue weighted by Gasteiger charge is 2.08. The fraction of sp³-hybridized carbons (Fsp3) is 0.600. The van der Waals surface area contributed by atoms with E-state index in [0.29, 0.717) is 6.61 Å². The van der Waals surface area contributed by atoms with Crippen molar-refractivity contribution in [3.05, 3.63) is 23.8 Å². The Hall–Kier alpha value is -1.26. The van der Waals surface area contributed by atoms with Crippen LogP contribution in [0.25, 0.3) is 0 Å². The van der Waals surface area contributed by atoms with Gasteiger partial charge in [-0.05, 0) is 44.0 Å². The molecule has 1 atom stereocenters. The Balaban J connectivity index is 2.43. The van der Waals surface area contributed by atoms with Crippen LogP contribution in [0.2, 0.25) is 0 Å². The summed E-state index contributed by atoms with van der Waals surface area (Å²) < 4.78 is 11.0. The van der Waals surface area contributed by atoms with Gasteiger partial charge in [-0.2, -0.15) is 0 Å². The lowest BCUT2D eigenvalue weighted by molar-refractivity contribution is 0.206. The average molecular weight is 267 g/mol. The molecular formula is C15H25NO3. The molecule has 2 N–H and O–H groups in total. The van der Waals surface area contributed by atoms with Crippen LogP contribution in [0.3, 0.4) is 0 Å². The Kier molecular flexibility index (Phi) is 7.30. The van der Waals surface area contributed by atoms with E-state index in [1.54, 1.807) is 7.11 Å². The summed E-state index contributed by atoms with van der Waals surface area (Å²) in [5.74, 6) is 1.50. The van der Waals surface area contributed by atoms with Crippen molar-refractivity contribution in [1.82, 2.24) is 5.32 Å². The second kappa shape index (κ2) is 8.77. The molecule has 4 heteroatoms. The van der Waals surface area contributed by atoms with Gasteiger partial charge in [0.15, 0.2) is 11.5 Å². The van der Waals surface area contributed by atoms with Crippen LogP contribution in [0.1, 0.15) is 25.3 Å². The van der Waals surface area contributed by atoms with Crippen molar-refractivity contribution in [2.75, 3.05) is 26.9 Å². The molecule has 0 aliphatic carbocycles. The molecule has 0 heterocycles. The minimum Gasteiger partial charge on any atom is -0.493 e. The summed E-state index contributed by atoms with van der Waals surface area (Å²) in [6.45, 7) is 5.73. The van der Waals surface area contributed by atoms with Crippen LogP contribution in [0, 0.1) is 6.92 Å². The molecule has 0 bridgehead atoms. The van der Waals surface area contributed by atoms with Crippen LogP contribution in [-0.2, 0) is 0 Å². The van der Waals surface area contributed by atoms with Gasteiger partial charge in [0, 0.05) is 6.04 Å². The molecule has 1 aromatic rings. The molecule has 0 spiro atoms. The minimum atomic E-state index is 0.0939. The van der Waals surface area contributed by atoms with Crippen molar-refractivity contribution < 1.29 is 14.6 Å². The molecule has 4 nitrogen and oxygen atoms in total.